The van der Waals surface area contributed by atoms with Gasteiger partial charge in [0.2, 0.25) is 0 Å². The normalized spacial score (nSPS) is 10.6. The van der Waals surface area contributed by atoms with E-state index in [1.54, 1.807) is 17.0 Å². The summed E-state index contributed by atoms with van der Waals surface area (Å²) in [5.74, 6) is 0.278. The number of halogens is 2. The van der Waals surface area contributed by atoms with Gasteiger partial charge in [0.25, 0.3) is 5.56 Å². The van der Waals surface area contributed by atoms with Crippen molar-refractivity contribution in [3.63, 3.8) is 0 Å². The summed E-state index contributed by atoms with van der Waals surface area (Å²) < 4.78 is 1.55. The minimum Gasteiger partial charge on any atom is -0.363 e. The van der Waals surface area contributed by atoms with Gasteiger partial charge in [-0.25, -0.2) is 4.98 Å². The summed E-state index contributed by atoms with van der Waals surface area (Å²) in [4.78, 5) is 14.9. The van der Waals surface area contributed by atoms with Crippen LogP contribution in [0.25, 0.3) is 0 Å². The average molecular weight is 236 g/mol. The predicted octanol–water partition coefficient (Wildman–Crippen LogP) is 1.48. The first-order chi connectivity index (χ1) is 6.65. The van der Waals surface area contributed by atoms with Crippen LogP contribution in [0.5, 0.6) is 0 Å². The Hall–Kier alpha value is -0.740. The van der Waals surface area contributed by atoms with Gasteiger partial charge in [0.1, 0.15) is 4.84 Å². The summed E-state index contributed by atoms with van der Waals surface area (Å²) in [7, 11) is 0. The van der Waals surface area contributed by atoms with E-state index in [0.717, 1.165) is 0 Å². The maximum atomic E-state index is 11.6. The third kappa shape index (κ3) is 2.89. The molecule has 1 aromatic rings. The van der Waals surface area contributed by atoms with Crippen molar-refractivity contribution in [2.24, 2.45) is 0 Å². The van der Waals surface area contributed by atoms with Crippen molar-refractivity contribution in [3.05, 3.63) is 22.7 Å². The van der Waals surface area contributed by atoms with Gasteiger partial charge in [-0.05, 0) is 6.92 Å². The van der Waals surface area contributed by atoms with E-state index >= 15 is 0 Å². The van der Waals surface area contributed by atoms with E-state index in [0.29, 0.717) is 13.1 Å². The van der Waals surface area contributed by atoms with Gasteiger partial charge in [-0.1, -0.05) is 0 Å². The highest BCUT2D eigenvalue weighted by atomic mass is 35.5. The second kappa shape index (κ2) is 5.22. The van der Waals surface area contributed by atoms with Gasteiger partial charge in [-0.2, -0.15) is 0 Å². The van der Waals surface area contributed by atoms with Crippen LogP contribution >= 0.6 is 23.2 Å². The first-order valence-electron chi connectivity index (χ1n) is 4.22. The Morgan fingerprint density at radius 2 is 2.36 bits per heavy atom. The molecule has 6 heteroatoms. The molecule has 0 saturated heterocycles. The van der Waals surface area contributed by atoms with Crippen LogP contribution in [0, 0.1) is 0 Å². The number of nitrogens with zero attached hydrogens (tertiary/aromatic N) is 2. The van der Waals surface area contributed by atoms with Gasteiger partial charge >= 0.3 is 0 Å². The van der Waals surface area contributed by atoms with E-state index in [1.807, 2.05) is 6.92 Å². The van der Waals surface area contributed by atoms with Crippen LogP contribution in [0.4, 0.5) is 5.82 Å². The van der Waals surface area contributed by atoms with Gasteiger partial charge in [0, 0.05) is 25.5 Å². The van der Waals surface area contributed by atoms with Crippen LogP contribution in [0.15, 0.2) is 17.2 Å². The zero-order chi connectivity index (χ0) is 10.6. The van der Waals surface area contributed by atoms with Crippen LogP contribution in [-0.2, 0) is 6.54 Å². The number of aryl methyl sites for hydroxylation is 1. The number of alkyl halides is 2. The van der Waals surface area contributed by atoms with E-state index in [1.165, 1.54) is 0 Å². The van der Waals surface area contributed by atoms with E-state index in [9.17, 15) is 4.79 Å². The fourth-order valence-corrected chi connectivity index (χ4v) is 1.15. The maximum Gasteiger partial charge on any atom is 0.293 e. The van der Waals surface area contributed by atoms with Crippen molar-refractivity contribution in [1.29, 1.82) is 0 Å². The molecule has 0 aromatic carbocycles. The van der Waals surface area contributed by atoms with Gasteiger partial charge < -0.3 is 9.88 Å². The Labute approximate surface area is 91.9 Å². The van der Waals surface area contributed by atoms with Crippen molar-refractivity contribution < 1.29 is 0 Å². The minimum atomic E-state index is -0.550. The molecule has 78 valence electrons. The van der Waals surface area contributed by atoms with Crippen LogP contribution < -0.4 is 10.9 Å². The highest BCUT2D eigenvalue weighted by Crippen LogP contribution is 2.02. The number of hydrogen-bond donors (Lipinski definition) is 1. The van der Waals surface area contributed by atoms with Gasteiger partial charge in [-0.15, -0.1) is 23.2 Å². The quantitative estimate of drug-likeness (QED) is 0.805. The van der Waals surface area contributed by atoms with Gasteiger partial charge in [0.05, 0.1) is 0 Å². The molecule has 1 aromatic heterocycles. The molecule has 0 bridgehead atoms. The summed E-state index contributed by atoms with van der Waals surface area (Å²) >= 11 is 11.0. The molecule has 1 N–H and O–H groups in total. The molecule has 1 rings (SSSR count). The van der Waals surface area contributed by atoms with Crippen molar-refractivity contribution in [1.82, 2.24) is 9.55 Å². The van der Waals surface area contributed by atoms with Crippen LogP contribution in [-0.4, -0.2) is 20.9 Å². The molecule has 0 saturated carbocycles. The second-order valence-corrected chi connectivity index (χ2v) is 3.92. The largest absolute Gasteiger partial charge is 0.363 e. The van der Waals surface area contributed by atoms with Gasteiger partial charge in [-0.3, -0.25) is 4.79 Å². The summed E-state index contributed by atoms with van der Waals surface area (Å²) in [6, 6.07) is 0. The Kier molecular flexibility index (Phi) is 4.22. The van der Waals surface area contributed by atoms with Crippen molar-refractivity contribution in [2.75, 3.05) is 11.9 Å². The smallest absolute Gasteiger partial charge is 0.293 e. The first kappa shape index (κ1) is 11.3. The average Bonchev–Trinajstić information content (AvgIpc) is 2.16. The third-order valence-electron chi connectivity index (χ3n) is 1.68. The second-order valence-electron chi connectivity index (χ2n) is 2.64. The Balaban J connectivity index is 2.82. The summed E-state index contributed by atoms with van der Waals surface area (Å²) in [5, 5.41) is 2.78. The molecule has 0 spiro atoms. The molecular weight excluding hydrogens is 225 g/mol. The topological polar surface area (TPSA) is 46.9 Å². The predicted molar refractivity (Wildman–Crippen MR) is 58.2 cm³/mol. The number of hydrogen-bond acceptors (Lipinski definition) is 3. The lowest BCUT2D eigenvalue weighted by atomic mass is 10.5. The van der Waals surface area contributed by atoms with Crippen molar-refractivity contribution in [2.45, 2.75) is 18.3 Å². The molecule has 0 aliphatic carbocycles. The highest BCUT2D eigenvalue weighted by Gasteiger charge is 2.04. The molecular formula is C8H11Cl2N3O. The SMILES string of the molecule is CCn1ccnc(NCC(Cl)Cl)c1=O. The Bertz CT molecular complexity index is 351. The Morgan fingerprint density at radius 3 is 2.93 bits per heavy atom. The molecule has 4 nitrogen and oxygen atoms in total. The molecule has 0 aliphatic rings. The van der Waals surface area contributed by atoms with E-state index in [2.05, 4.69) is 10.3 Å². The Morgan fingerprint density at radius 1 is 1.64 bits per heavy atom. The molecule has 0 fully saturated rings. The van der Waals surface area contributed by atoms with E-state index in [4.69, 9.17) is 23.2 Å². The van der Waals surface area contributed by atoms with E-state index in [-0.39, 0.29) is 11.4 Å². The molecule has 1 heterocycles. The molecule has 0 atom stereocenters. The van der Waals surface area contributed by atoms with Crippen LogP contribution in [0.1, 0.15) is 6.92 Å². The zero-order valence-corrected chi connectivity index (χ0v) is 9.22. The van der Waals surface area contributed by atoms with Gasteiger partial charge in [0.15, 0.2) is 5.82 Å². The fourth-order valence-electron chi connectivity index (χ4n) is 0.991. The molecule has 0 radical (unpaired) electrons. The number of anilines is 1. The first-order valence-corrected chi connectivity index (χ1v) is 5.10. The lowest BCUT2D eigenvalue weighted by molar-refractivity contribution is 0.719. The molecule has 14 heavy (non-hydrogen) atoms. The maximum absolute atomic E-state index is 11.6. The molecule has 0 amide bonds. The number of nitrogens with one attached hydrogen (secondary N) is 1. The summed E-state index contributed by atoms with van der Waals surface area (Å²) in [6.07, 6.45) is 3.19. The minimum absolute atomic E-state index is 0.163. The molecule has 0 unspecified atom stereocenters. The lowest BCUT2D eigenvalue weighted by Gasteiger charge is -2.07. The third-order valence-corrected chi connectivity index (χ3v) is 1.99. The lowest BCUT2D eigenvalue weighted by Crippen LogP contribution is -2.25. The van der Waals surface area contributed by atoms with E-state index < -0.39 is 4.84 Å². The van der Waals surface area contributed by atoms with Crippen LogP contribution in [0.2, 0.25) is 0 Å². The number of rotatable bonds is 4. The fraction of sp³-hybridized carbons (Fsp3) is 0.500. The zero-order valence-electron chi connectivity index (χ0n) is 7.70. The number of aromatic nitrogens is 2. The van der Waals surface area contributed by atoms with Crippen molar-refractivity contribution in [3.8, 4) is 0 Å². The molecule has 0 aliphatic heterocycles. The standard InChI is InChI=1S/C8H11Cl2N3O/c1-2-13-4-3-11-7(8(13)14)12-5-6(9)10/h3-4,6H,2,5H2,1H3,(H,11,12). The monoisotopic (exact) mass is 235 g/mol. The highest BCUT2D eigenvalue weighted by molar-refractivity contribution is 6.44. The van der Waals surface area contributed by atoms with Crippen molar-refractivity contribution >= 4 is 29.0 Å². The van der Waals surface area contributed by atoms with Crippen LogP contribution in [0.3, 0.4) is 0 Å². The summed E-state index contributed by atoms with van der Waals surface area (Å²) in [6.45, 7) is 2.80. The summed E-state index contributed by atoms with van der Waals surface area (Å²) in [5.41, 5.74) is -0.163.